The molecule has 0 amide bonds. The standard InChI is InChI=1S/C26H26ClNOS/c1-29-24-10-6-18(7-11-24)26(20-12-13-30-17-20)21-14-22-8-9-23(15-21)28(22)16-19-4-2-3-5-25(19)27/h2-7,10-13,17,22-23H,8-9,14-16H2,1H3. The molecule has 0 aliphatic carbocycles. The number of ether oxygens (including phenoxy) is 1. The molecule has 2 aliphatic rings. The average Bonchev–Trinajstić information content (AvgIpc) is 3.36. The minimum Gasteiger partial charge on any atom is -0.497 e. The fourth-order valence-electron chi connectivity index (χ4n) is 5.13. The molecular formula is C26H26ClNOS. The molecule has 3 aromatic rings. The predicted octanol–water partition coefficient (Wildman–Crippen LogP) is 7.04. The highest BCUT2D eigenvalue weighted by atomic mass is 35.5. The van der Waals surface area contributed by atoms with Gasteiger partial charge in [-0.15, -0.1) is 0 Å². The smallest absolute Gasteiger partial charge is 0.118 e. The minimum absolute atomic E-state index is 0.599. The van der Waals surface area contributed by atoms with E-state index in [1.165, 1.54) is 35.1 Å². The summed E-state index contributed by atoms with van der Waals surface area (Å²) >= 11 is 8.24. The maximum atomic E-state index is 6.47. The molecular weight excluding hydrogens is 410 g/mol. The van der Waals surface area contributed by atoms with Crippen LogP contribution in [0.1, 0.15) is 42.4 Å². The third-order valence-corrected chi connectivity index (χ3v) is 7.64. The van der Waals surface area contributed by atoms with Crippen molar-refractivity contribution >= 4 is 28.5 Å². The van der Waals surface area contributed by atoms with E-state index in [0.717, 1.165) is 30.2 Å². The second-order valence-corrected chi connectivity index (χ2v) is 9.46. The summed E-state index contributed by atoms with van der Waals surface area (Å²) < 4.78 is 5.38. The Kier molecular flexibility index (Phi) is 5.68. The Bertz CT molecular complexity index is 1030. The van der Waals surface area contributed by atoms with Crippen LogP contribution < -0.4 is 4.74 Å². The first-order chi connectivity index (χ1) is 14.7. The highest BCUT2D eigenvalue weighted by molar-refractivity contribution is 7.08. The molecule has 0 spiro atoms. The van der Waals surface area contributed by atoms with E-state index in [1.54, 1.807) is 24.0 Å². The molecule has 2 atom stereocenters. The van der Waals surface area contributed by atoms with Crippen molar-refractivity contribution < 1.29 is 4.74 Å². The fraction of sp³-hybridized carbons (Fsp3) is 0.308. The number of methoxy groups -OCH3 is 1. The molecule has 3 heterocycles. The SMILES string of the molecule is COc1ccc(C(=C2CC3CCC(C2)N3Cc2ccccc2Cl)c2ccsc2)cc1. The molecule has 0 N–H and O–H groups in total. The van der Waals surface area contributed by atoms with Crippen molar-refractivity contribution in [1.82, 2.24) is 4.90 Å². The minimum atomic E-state index is 0.599. The molecule has 2 saturated heterocycles. The topological polar surface area (TPSA) is 12.5 Å². The zero-order chi connectivity index (χ0) is 20.5. The van der Waals surface area contributed by atoms with E-state index in [9.17, 15) is 0 Å². The summed E-state index contributed by atoms with van der Waals surface area (Å²) in [5, 5.41) is 5.35. The summed E-state index contributed by atoms with van der Waals surface area (Å²) in [4.78, 5) is 2.70. The summed E-state index contributed by atoms with van der Waals surface area (Å²) in [6.07, 6.45) is 4.83. The summed E-state index contributed by atoms with van der Waals surface area (Å²) in [5.41, 5.74) is 6.91. The molecule has 0 saturated carbocycles. The van der Waals surface area contributed by atoms with Crippen LogP contribution in [0.4, 0.5) is 0 Å². The largest absolute Gasteiger partial charge is 0.497 e. The average molecular weight is 436 g/mol. The van der Waals surface area contributed by atoms with Crippen LogP contribution in [0.3, 0.4) is 0 Å². The Morgan fingerprint density at radius 2 is 1.73 bits per heavy atom. The van der Waals surface area contributed by atoms with Gasteiger partial charge in [-0.1, -0.05) is 47.5 Å². The second-order valence-electron chi connectivity index (χ2n) is 8.28. The number of halogens is 1. The van der Waals surface area contributed by atoms with Gasteiger partial charge in [0.05, 0.1) is 7.11 Å². The third kappa shape index (κ3) is 3.82. The van der Waals surface area contributed by atoms with Crippen LogP contribution in [0.2, 0.25) is 5.02 Å². The summed E-state index contributed by atoms with van der Waals surface area (Å²) in [6.45, 7) is 0.957. The second kappa shape index (κ2) is 8.58. The molecule has 2 bridgehead atoms. The van der Waals surface area contributed by atoms with Crippen LogP contribution in [0.5, 0.6) is 5.75 Å². The molecule has 1 aromatic heterocycles. The van der Waals surface area contributed by atoms with E-state index in [1.807, 2.05) is 12.1 Å². The van der Waals surface area contributed by atoms with Gasteiger partial charge in [-0.05, 0) is 83.0 Å². The monoisotopic (exact) mass is 435 g/mol. The highest BCUT2D eigenvalue weighted by Crippen LogP contribution is 2.44. The molecule has 2 aliphatic heterocycles. The number of thiophene rings is 1. The lowest BCUT2D eigenvalue weighted by Gasteiger charge is -2.37. The van der Waals surface area contributed by atoms with Crippen molar-refractivity contribution in [3.63, 3.8) is 0 Å². The number of hydrogen-bond donors (Lipinski definition) is 0. The fourth-order valence-corrected chi connectivity index (χ4v) is 5.97. The van der Waals surface area contributed by atoms with Gasteiger partial charge in [0.25, 0.3) is 0 Å². The van der Waals surface area contributed by atoms with Crippen LogP contribution in [-0.2, 0) is 6.54 Å². The molecule has 30 heavy (non-hydrogen) atoms. The molecule has 4 heteroatoms. The first-order valence-electron chi connectivity index (χ1n) is 10.6. The summed E-state index contributed by atoms with van der Waals surface area (Å²) in [5.74, 6) is 0.906. The van der Waals surface area contributed by atoms with Gasteiger partial charge >= 0.3 is 0 Å². The normalized spacial score (nSPS) is 21.1. The van der Waals surface area contributed by atoms with Crippen LogP contribution in [0, 0.1) is 0 Å². The summed E-state index contributed by atoms with van der Waals surface area (Å²) in [6, 6.07) is 20.3. The van der Waals surface area contributed by atoms with E-state index in [0.29, 0.717) is 12.1 Å². The maximum Gasteiger partial charge on any atom is 0.118 e. The number of piperidine rings is 1. The lowest BCUT2D eigenvalue weighted by molar-refractivity contribution is 0.158. The predicted molar refractivity (Wildman–Crippen MR) is 126 cm³/mol. The highest BCUT2D eigenvalue weighted by Gasteiger charge is 2.39. The van der Waals surface area contributed by atoms with Crippen LogP contribution in [-0.4, -0.2) is 24.1 Å². The van der Waals surface area contributed by atoms with Crippen LogP contribution in [0.15, 0.2) is 70.9 Å². The van der Waals surface area contributed by atoms with Gasteiger partial charge in [0.15, 0.2) is 0 Å². The van der Waals surface area contributed by atoms with Gasteiger partial charge in [-0.2, -0.15) is 11.3 Å². The number of rotatable bonds is 5. The Morgan fingerprint density at radius 1 is 1.00 bits per heavy atom. The van der Waals surface area contributed by atoms with E-state index in [4.69, 9.17) is 16.3 Å². The number of fused-ring (bicyclic) bond motifs is 2. The van der Waals surface area contributed by atoms with Crippen molar-refractivity contribution in [2.75, 3.05) is 7.11 Å². The molecule has 2 unspecified atom stereocenters. The molecule has 154 valence electrons. The number of benzene rings is 2. The first kappa shape index (κ1) is 19.9. The van der Waals surface area contributed by atoms with Crippen molar-refractivity contribution in [2.45, 2.75) is 44.3 Å². The van der Waals surface area contributed by atoms with E-state index < -0.39 is 0 Å². The summed E-state index contributed by atoms with van der Waals surface area (Å²) in [7, 11) is 1.72. The quantitative estimate of drug-likeness (QED) is 0.426. The molecule has 2 aromatic carbocycles. The van der Waals surface area contributed by atoms with Crippen molar-refractivity contribution in [3.05, 3.63) is 92.6 Å². The maximum absolute atomic E-state index is 6.47. The molecule has 2 fully saturated rings. The Hall–Kier alpha value is -2.07. The third-order valence-electron chi connectivity index (χ3n) is 6.59. The first-order valence-corrected chi connectivity index (χ1v) is 11.9. The number of hydrogen-bond acceptors (Lipinski definition) is 3. The van der Waals surface area contributed by atoms with Crippen molar-refractivity contribution in [3.8, 4) is 5.75 Å². The van der Waals surface area contributed by atoms with E-state index in [2.05, 4.69) is 58.1 Å². The van der Waals surface area contributed by atoms with Crippen molar-refractivity contribution in [1.29, 1.82) is 0 Å². The van der Waals surface area contributed by atoms with Gasteiger partial charge in [-0.3, -0.25) is 4.90 Å². The zero-order valence-corrected chi connectivity index (χ0v) is 18.8. The van der Waals surface area contributed by atoms with Gasteiger partial charge in [0.2, 0.25) is 0 Å². The number of nitrogens with zero attached hydrogens (tertiary/aromatic N) is 1. The molecule has 5 rings (SSSR count). The van der Waals surface area contributed by atoms with Gasteiger partial charge in [-0.25, -0.2) is 0 Å². The van der Waals surface area contributed by atoms with Crippen LogP contribution in [0.25, 0.3) is 5.57 Å². The van der Waals surface area contributed by atoms with E-state index >= 15 is 0 Å². The Balaban J connectivity index is 1.47. The lowest BCUT2D eigenvalue weighted by atomic mass is 9.86. The zero-order valence-electron chi connectivity index (χ0n) is 17.2. The molecule has 2 nitrogen and oxygen atoms in total. The van der Waals surface area contributed by atoms with Crippen LogP contribution >= 0.6 is 22.9 Å². The van der Waals surface area contributed by atoms with Gasteiger partial charge in [0, 0.05) is 23.7 Å². The van der Waals surface area contributed by atoms with Gasteiger partial charge in [0.1, 0.15) is 5.75 Å². The lowest BCUT2D eigenvalue weighted by Crippen LogP contribution is -2.40. The van der Waals surface area contributed by atoms with E-state index in [-0.39, 0.29) is 0 Å². The molecule has 0 radical (unpaired) electrons. The van der Waals surface area contributed by atoms with Crippen molar-refractivity contribution in [2.24, 2.45) is 0 Å². The Labute approximate surface area is 187 Å². The Morgan fingerprint density at radius 3 is 2.37 bits per heavy atom. The van der Waals surface area contributed by atoms with Gasteiger partial charge < -0.3 is 4.74 Å².